The molecule has 2 atom stereocenters. The van der Waals surface area contributed by atoms with Crippen molar-refractivity contribution in [1.29, 1.82) is 0 Å². The molecule has 0 spiro atoms. The number of rotatable bonds is 8. The predicted molar refractivity (Wildman–Crippen MR) is 77.4 cm³/mol. The average molecular weight is 281 g/mol. The zero-order valence-corrected chi connectivity index (χ0v) is 12.7. The van der Waals surface area contributed by atoms with Gasteiger partial charge in [-0.25, -0.2) is 0 Å². The molecule has 5 heteroatoms. The molecule has 114 valence electrons. The number of hydrogen-bond donors (Lipinski definition) is 1. The molecular weight excluding hydrogens is 254 g/mol. The topological polar surface area (TPSA) is 60.2 Å². The van der Waals surface area contributed by atoms with Crippen molar-refractivity contribution < 1.29 is 9.26 Å². The maximum Gasteiger partial charge on any atom is 0.227 e. The quantitative estimate of drug-likeness (QED) is 0.742. The van der Waals surface area contributed by atoms with E-state index in [0.717, 1.165) is 31.9 Å². The summed E-state index contributed by atoms with van der Waals surface area (Å²) in [5.41, 5.74) is 0. The fraction of sp³-hybridized carbons (Fsp3) is 0.867. The summed E-state index contributed by atoms with van der Waals surface area (Å²) >= 11 is 0. The second-order valence-electron chi connectivity index (χ2n) is 5.57. The Balaban J connectivity index is 1.84. The third-order valence-electron chi connectivity index (χ3n) is 3.90. The van der Waals surface area contributed by atoms with Crippen LogP contribution in [0.3, 0.4) is 0 Å². The van der Waals surface area contributed by atoms with Gasteiger partial charge >= 0.3 is 0 Å². The van der Waals surface area contributed by atoms with Gasteiger partial charge in [-0.05, 0) is 31.7 Å². The maximum absolute atomic E-state index is 5.43. The molecule has 1 aliphatic carbocycles. The number of ether oxygens (including phenoxy) is 1. The van der Waals surface area contributed by atoms with Crippen LogP contribution in [-0.4, -0.2) is 29.3 Å². The lowest BCUT2D eigenvalue weighted by Crippen LogP contribution is -2.39. The highest BCUT2D eigenvalue weighted by molar-refractivity contribution is 4.91. The molecule has 20 heavy (non-hydrogen) atoms. The number of nitrogens with one attached hydrogen (secondary N) is 1. The summed E-state index contributed by atoms with van der Waals surface area (Å²) in [6.45, 7) is 6.49. The van der Waals surface area contributed by atoms with Gasteiger partial charge in [0.05, 0.1) is 0 Å². The molecule has 0 bridgehead atoms. The number of nitrogens with zero attached hydrogens (tertiary/aromatic N) is 2. The van der Waals surface area contributed by atoms with Gasteiger partial charge < -0.3 is 14.6 Å². The minimum absolute atomic E-state index is 0.457. The Kier molecular flexibility index (Phi) is 6.47. The summed E-state index contributed by atoms with van der Waals surface area (Å²) in [5.74, 6) is 2.05. The first-order valence-electron chi connectivity index (χ1n) is 7.96. The van der Waals surface area contributed by atoms with Crippen molar-refractivity contribution >= 4 is 0 Å². The van der Waals surface area contributed by atoms with Crippen molar-refractivity contribution in [3.63, 3.8) is 0 Å². The fourth-order valence-electron chi connectivity index (χ4n) is 2.95. The predicted octanol–water partition coefficient (Wildman–Crippen LogP) is 2.71. The SMILES string of the molecule is CCCOCc1noc(CC2CCCCC2NCC)n1. The lowest BCUT2D eigenvalue weighted by Gasteiger charge is -2.31. The van der Waals surface area contributed by atoms with E-state index in [1.54, 1.807) is 0 Å². The Bertz CT molecular complexity index is 379. The van der Waals surface area contributed by atoms with Gasteiger partial charge in [0.25, 0.3) is 0 Å². The van der Waals surface area contributed by atoms with E-state index in [9.17, 15) is 0 Å². The van der Waals surface area contributed by atoms with Crippen LogP contribution in [-0.2, 0) is 17.8 Å². The summed E-state index contributed by atoms with van der Waals surface area (Å²) in [6, 6.07) is 0.598. The summed E-state index contributed by atoms with van der Waals surface area (Å²) in [6.07, 6.45) is 7.05. The monoisotopic (exact) mass is 281 g/mol. The van der Waals surface area contributed by atoms with Crippen molar-refractivity contribution in [3.05, 3.63) is 11.7 Å². The van der Waals surface area contributed by atoms with Crippen LogP contribution in [0.5, 0.6) is 0 Å². The highest BCUT2D eigenvalue weighted by Crippen LogP contribution is 2.27. The molecule has 1 aliphatic rings. The number of hydrogen-bond acceptors (Lipinski definition) is 5. The summed E-state index contributed by atoms with van der Waals surface area (Å²) in [4.78, 5) is 4.44. The summed E-state index contributed by atoms with van der Waals surface area (Å²) in [5, 5.41) is 7.58. The van der Waals surface area contributed by atoms with E-state index in [2.05, 4.69) is 29.3 Å². The fourth-order valence-corrected chi connectivity index (χ4v) is 2.95. The van der Waals surface area contributed by atoms with Gasteiger partial charge in [-0.15, -0.1) is 0 Å². The minimum atomic E-state index is 0.457. The Hall–Kier alpha value is -0.940. The van der Waals surface area contributed by atoms with E-state index in [-0.39, 0.29) is 0 Å². The molecule has 1 aromatic heterocycles. The van der Waals surface area contributed by atoms with Crippen LogP contribution in [0.1, 0.15) is 57.7 Å². The molecule has 2 unspecified atom stereocenters. The molecule has 5 nitrogen and oxygen atoms in total. The van der Waals surface area contributed by atoms with Gasteiger partial charge in [-0.2, -0.15) is 4.98 Å². The standard InChI is InChI=1S/C15H27N3O2/c1-3-9-19-11-14-17-15(20-18-14)10-12-7-5-6-8-13(12)16-4-2/h12-13,16H,3-11H2,1-2H3. The highest BCUT2D eigenvalue weighted by Gasteiger charge is 2.26. The zero-order chi connectivity index (χ0) is 14.2. The lowest BCUT2D eigenvalue weighted by atomic mass is 9.82. The van der Waals surface area contributed by atoms with E-state index < -0.39 is 0 Å². The van der Waals surface area contributed by atoms with Crippen LogP contribution in [0.15, 0.2) is 4.52 Å². The number of aromatic nitrogens is 2. The maximum atomic E-state index is 5.43. The molecule has 1 saturated carbocycles. The molecule has 0 saturated heterocycles. The minimum Gasteiger partial charge on any atom is -0.373 e. The second-order valence-corrected chi connectivity index (χ2v) is 5.57. The van der Waals surface area contributed by atoms with E-state index in [0.29, 0.717) is 24.4 Å². The second kappa shape index (κ2) is 8.37. The van der Waals surface area contributed by atoms with E-state index in [1.165, 1.54) is 25.7 Å². The first kappa shape index (κ1) is 15.4. The third kappa shape index (κ3) is 4.56. The van der Waals surface area contributed by atoms with Gasteiger partial charge in [0.15, 0.2) is 5.82 Å². The molecule has 0 aliphatic heterocycles. The van der Waals surface area contributed by atoms with E-state index in [1.807, 2.05) is 0 Å². The van der Waals surface area contributed by atoms with Crippen molar-refractivity contribution in [1.82, 2.24) is 15.5 Å². The molecular formula is C15H27N3O2. The van der Waals surface area contributed by atoms with Crippen molar-refractivity contribution in [2.45, 2.75) is 65.0 Å². The van der Waals surface area contributed by atoms with Gasteiger partial charge in [0.2, 0.25) is 5.89 Å². The van der Waals surface area contributed by atoms with Crippen molar-refractivity contribution in [2.75, 3.05) is 13.2 Å². The van der Waals surface area contributed by atoms with Crippen molar-refractivity contribution in [3.8, 4) is 0 Å². The first-order valence-corrected chi connectivity index (χ1v) is 7.96. The van der Waals surface area contributed by atoms with Crippen LogP contribution in [0.4, 0.5) is 0 Å². The zero-order valence-electron chi connectivity index (χ0n) is 12.7. The van der Waals surface area contributed by atoms with Crippen LogP contribution in [0.2, 0.25) is 0 Å². The molecule has 2 rings (SSSR count). The Morgan fingerprint density at radius 3 is 2.95 bits per heavy atom. The van der Waals surface area contributed by atoms with Crippen LogP contribution >= 0.6 is 0 Å². The molecule has 1 aromatic rings. The van der Waals surface area contributed by atoms with E-state index in [4.69, 9.17) is 9.26 Å². The largest absolute Gasteiger partial charge is 0.373 e. The van der Waals surface area contributed by atoms with E-state index >= 15 is 0 Å². The van der Waals surface area contributed by atoms with Crippen LogP contribution < -0.4 is 5.32 Å². The van der Waals surface area contributed by atoms with Crippen molar-refractivity contribution in [2.24, 2.45) is 5.92 Å². The van der Waals surface area contributed by atoms with Gasteiger partial charge in [-0.1, -0.05) is 31.8 Å². The molecule has 1 fully saturated rings. The summed E-state index contributed by atoms with van der Waals surface area (Å²) in [7, 11) is 0. The van der Waals surface area contributed by atoms with Gasteiger partial charge in [-0.3, -0.25) is 0 Å². The molecule has 1 heterocycles. The molecule has 0 amide bonds. The Morgan fingerprint density at radius 2 is 2.15 bits per heavy atom. The Labute approximate surface area is 121 Å². The van der Waals surface area contributed by atoms with Crippen LogP contribution in [0.25, 0.3) is 0 Å². The normalized spacial score (nSPS) is 23.1. The van der Waals surface area contributed by atoms with Gasteiger partial charge in [0, 0.05) is 19.1 Å². The molecule has 0 radical (unpaired) electrons. The summed E-state index contributed by atoms with van der Waals surface area (Å²) < 4.78 is 10.8. The Morgan fingerprint density at radius 1 is 1.30 bits per heavy atom. The highest BCUT2D eigenvalue weighted by atomic mass is 16.5. The third-order valence-corrected chi connectivity index (χ3v) is 3.90. The van der Waals surface area contributed by atoms with Gasteiger partial charge in [0.1, 0.15) is 6.61 Å². The smallest absolute Gasteiger partial charge is 0.227 e. The average Bonchev–Trinajstić information content (AvgIpc) is 2.89. The molecule has 0 aromatic carbocycles. The first-order chi connectivity index (χ1) is 9.83. The lowest BCUT2D eigenvalue weighted by molar-refractivity contribution is 0.114. The molecule has 1 N–H and O–H groups in total. The van der Waals surface area contributed by atoms with Crippen LogP contribution in [0, 0.1) is 5.92 Å².